The lowest BCUT2D eigenvalue weighted by Crippen LogP contribution is -2.05. The van der Waals surface area contributed by atoms with Gasteiger partial charge >= 0.3 is 5.97 Å². The van der Waals surface area contributed by atoms with Gasteiger partial charge in [0.1, 0.15) is 5.38 Å². The van der Waals surface area contributed by atoms with Gasteiger partial charge in [0.25, 0.3) is 6.43 Å². The van der Waals surface area contributed by atoms with E-state index in [-0.39, 0.29) is 11.1 Å². The Bertz CT molecular complexity index is 527. The normalized spacial score (nSPS) is 12.9. The Morgan fingerprint density at radius 2 is 2.00 bits per heavy atom. The molecule has 0 fully saturated rings. The fourth-order valence-corrected chi connectivity index (χ4v) is 1.67. The van der Waals surface area contributed by atoms with Crippen LogP contribution in [0.15, 0.2) is 24.3 Å². The van der Waals surface area contributed by atoms with Crippen LogP contribution in [0.5, 0.6) is 0 Å². The van der Waals surface area contributed by atoms with Gasteiger partial charge in [0, 0.05) is 11.6 Å². The van der Waals surface area contributed by atoms with Crippen LogP contribution < -0.4 is 0 Å². The number of benzene rings is 1. The average molecular weight is 289 g/mol. The predicted molar refractivity (Wildman–Crippen MR) is 67.3 cm³/mol. The monoisotopic (exact) mass is 288 g/mol. The first-order valence-electron chi connectivity index (χ1n) is 5.30. The third-order valence-corrected chi connectivity index (χ3v) is 2.94. The molecule has 0 aromatic heterocycles. The van der Waals surface area contributed by atoms with E-state index in [1.165, 1.54) is 25.1 Å². The molecule has 19 heavy (non-hydrogen) atoms. The van der Waals surface area contributed by atoms with Crippen molar-refractivity contribution in [2.45, 2.75) is 18.7 Å². The summed E-state index contributed by atoms with van der Waals surface area (Å²) in [4.78, 5) is 21.7. The van der Waals surface area contributed by atoms with E-state index < -0.39 is 23.6 Å². The molecule has 1 aromatic rings. The maximum absolute atomic E-state index is 12.6. The molecule has 0 spiro atoms. The van der Waals surface area contributed by atoms with Gasteiger partial charge in [0.2, 0.25) is 0 Å². The predicted octanol–water partition coefficient (Wildman–Crippen LogP) is 3.59. The quantitative estimate of drug-likeness (QED) is 0.665. The number of rotatable bonds is 5. The highest BCUT2D eigenvalue weighted by Crippen LogP contribution is 2.30. The SMILES string of the molecule is CC(=O)C(Cl)c1cc(C(F)F)ccc1C=CC(=O)O. The second-order valence-corrected chi connectivity index (χ2v) is 4.27. The first-order valence-corrected chi connectivity index (χ1v) is 5.74. The minimum atomic E-state index is -2.69. The molecule has 0 radical (unpaired) electrons. The molecule has 1 atom stereocenters. The molecular weight excluding hydrogens is 278 g/mol. The molecule has 0 heterocycles. The van der Waals surface area contributed by atoms with Crippen LogP contribution in [0.1, 0.15) is 35.4 Å². The van der Waals surface area contributed by atoms with E-state index in [0.717, 1.165) is 12.1 Å². The number of carboxylic acids is 1. The van der Waals surface area contributed by atoms with Crippen LogP contribution in [-0.2, 0) is 9.59 Å². The summed E-state index contributed by atoms with van der Waals surface area (Å²) in [5.41, 5.74) is 0.223. The standard InChI is InChI=1S/C13H11ClF2O3/c1-7(17)12(14)10-6-9(13(15)16)3-2-8(10)4-5-11(18)19/h2-6,12-13H,1H3,(H,18,19). The van der Waals surface area contributed by atoms with Gasteiger partial charge in [0.05, 0.1) is 0 Å². The van der Waals surface area contributed by atoms with Crippen LogP contribution in [-0.4, -0.2) is 16.9 Å². The van der Waals surface area contributed by atoms with Gasteiger partial charge in [-0.1, -0.05) is 12.1 Å². The van der Waals surface area contributed by atoms with Crippen molar-refractivity contribution in [1.29, 1.82) is 0 Å². The molecule has 0 aliphatic carbocycles. The minimum absolute atomic E-state index is 0.171. The maximum atomic E-state index is 12.6. The molecule has 1 N–H and O–H groups in total. The first kappa shape index (κ1) is 15.3. The highest BCUT2D eigenvalue weighted by Gasteiger charge is 2.19. The van der Waals surface area contributed by atoms with Crippen molar-refractivity contribution >= 4 is 29.4 Å². The summed E-state index contributed by atoms with van der Waals surface area (Å²) in [5, 5.41) is 7.46. The smallest absolute Gasteiger partial charge is 0.328 e. The van der Waals surface area contributed by atoms with Crippen LogP contribution in [0, 0.1) is 0 Å². The molecule has 0 bridgehead atoms. The van der Waals surface area contributed by atoms with Gasteiger partial charge in [-0.3, -0.25) is 4.79 Å². The van der Waals surface area contributed by atoms with E-state index in [1.54, 1.807) is 0 Å². The second-order valence-electron chi connectivity index (χ2n) is 3.83. The zero-order valence-corrected chi connectivity index (χ0v) is 10.7. The maximum Gasteiger partial charge on any atom is 0.328 e. The summed E-state index contributed by atoms with van der Waals surface area (Å²) in [5.74, 6) is -1.59. The molecule has 0 saturated carbocycles. The number of carbonyl (C=O) groups excluding carboxylic acids is 1. The Morgan fingerprint density at radius 3 is 2.47 bits per heavy atom. The molecule has 1 rings (SSSR count). The first-order chi connectivity index (χ1) is 8.82. The van der Waals surface area contributed by atoms with E-state index in [0.29, 0.717) is 5.56 Å². The number of carbonyl (C=O) groups is 2. The van der Waals surface area contributed by atoms with Crippen molar-refractivity contribution in [3.05, 3.63) is 41.0 Å². The van der Waals surface area contributed by atoms with Crippen molar-refractivity contribution in [2.24, 2.45) is 0 Å². The fourth-order valence-electron chi connectivity index (χ4n) is 1.48. The number of alkyl halides is 3. The minimum Gasteiger partial charge on any atom is -0.478 e. The Kier molecular flexibility index (Phi) is 5.18. The lowest BCUT2D eigenvalue weighted by Gasteiger charge is -2.12. The van der Waals surface area contributed by atoms with Crippen LogP contribution in [0.4, 0.5) is 8.78 Å². The Morgan fingerprint density at radius 1 is 1.37 bits per heavy atom. The van der Waals surface area contributed by atoms with Gasteiger partial charge in [-0.05, 0) is 30.2 Å². The third kappa shape index (κ3) is 4.13. The number of halogens is 3. The van der Waals surface area contributed by atoms with E-state index in [1.807, 2.05) is 0 Å². The van der Waals surface area contributed by atoms with Gasteiger partial charge in [-0.15, -0.1) is 11.6 Å². The molecule has 1 unspecified atom stereocenters. The lowest BCUT2D eigenvalue weighted by molar-refractivity contribution is -0.131. The number of carboxylic acid groups (broad SMARTS) is 1. The summed E-state index contributed by atoms with van der Waals surface area (Å²) in [6, 6.07) is 3.60. The van der Waals surface area contributed by atoms with Crippen molar-refractivity contribution in [1.82, 2.24) is 0 Å². The summed E-state index contributed by atoms with van der Waals surface area (Å²) in [6.07, 6.45) is -0.623. The molecule has 3 nitrogen and oxygen atoms in total. The van der Waals surface area contributed by atoms with Crippen LogP contribution in [0.25, 0.3) is 6.08 Å². The number of hydrogen-bond donors (Lipinski definition) is 1. The van der Waals surface area contributed by atoms with Crippen molar-refractivity contribution in [3.63, 3.8) is 0 Å². The Hall–Kier alpha value is -1.75. The van der Waals surface area contributed by atoms with Gasteiger partial charge in [0.15, 0.2) is 5.78 Å². The molecule has 6 heteroatoms. The van der Waals surface area contributed by atoms with Crippen LogP contribution in [0.2, 0.25) is 0 Å². The van der Waals surface area contributed by atoms with E-state index in [2.05, 4.69) is 0 Å². The van der Waals surface area contributed by atoms with Gasteiger partial charge in [-0.2, -0.15) is 0 Å². The van der Waals surface area contributed by atoms with Crippen LogP contribution in [0.3, 0.4) is 0 Å². The number of Topliss-reactive ketones (excluding diaryl/α,β-unsaturated/α-hetero) is 1. The molecule has 0 aliphatic rings. The number of aliphatic carboxylic acids is 1. The highest BCUT2D eigenvalue weighted by molar-refractivity contribution is 6.31. The van der Waals surface area contributed by atoms with Crippen LogP contribution >= 0.6 is 11.6 Å². The van der Waals surface area contributed by atoms with Crippen molar-refractivity contribution < 1.29 is 23.5 Å². The molecule has 0 aliphatic heterocycles. The lowest BCUT2D eigenvalue weighted by atomic mass is 9.99. The summed E-state index contributed by atoms with van der Waals surface area (Å²) in [6.45, 7) is 1.23. The average Bonchev–Trinajstić information content (AvgIpc) is 2.34. The molecular formula is C13H11ClF2O3. The van der Waals surface area contributed by atoms with E-state index in [9.17, 15) is 18.4 Å². The number of ketones is 1. The van der Waals surface area contributed by atoms with Gasteiger partial charge < -0.3 is 5.11 Å². The zero-order valence-electron chi connectivity index (χ0n) is 9.94. The topological polar surface area (TPSA) is 54.4 Å². The van der Waals surface area contributed by atoms with Crippen molar-refractivity contribution in [3.8, 4) is 0 Å². The number of hydrogen-bond acceptors (Lipinski definition) is 2. The van der Waals surface area contributed by atoms with E-state index in [4.69, 9.17) is 16.7 Å². The fraction of sp³-hybridized carbons (Fsp3) is 0.231. The third-order valence-electron chi connectivity index (χ3n) is 2.40. The Balaban J connectivity index is 3.30. The van der Waals surface area contributed by atoms with Crippen molar-refractivity contribution in [2.75, 3.05) is 0 Å². The summed E-state index contributed by atoms with van der Waals surface area (Å²) < 4.78 is 25.2. The molecule has 1 aromatic carbocycles. The molecule has 0 saturated heterocycles. The largest absolute Gasteiger partial charge is 0.478 e. The molecule has 0 amide bonds. The second kappa shape index (κ2) is 6.43. The van der Waals surface area contributed by atoms with Gasteiger partial charge in [-0.25, -0.2) is 13.6 Å². The summed E-state index contributed by atoms with van der Waals surface area (Å²) in [7, 11) is 0. The molecule has 102 valence electrons. The summed E-state index contributed by atoms with van der Waals surface area (Å²) >= 11 is 5.86. The zero-order chi connectivity index (χ0) is 14.6. The Labute approximate surface area is 113 Å². The van der Waals surface area contributed by atoms with E-state index >= 15 is 0 Å². The highest BCUT2D eigenvalue weighted by atomic mass is 35.5.